The number of nitrogens with zero attached hydrogens (tertiary/aromatic N) is 6. The number of fused-ring (bicyclic) bond motifs is 3. The molecule has 3 aromatic heterocycles. The van der Waals surface area contributed by atoms with Gasteiger partial charge in [-0.05, 0) is 31.7 Å². The molecule has 0 radical (unpaired) electrons. The molecule has 9 nitrogen and oxygen atoms in total. The van der Waals surface area contributed by atoms with Gasteiger partial charge in [0.1, 0.15) is 11.3 Å². The number of aromatic nitrogens is 5. The number of piperazine rings is 1. The number of pyridine rings is 1. The zero-order valence-electron chi connectivity index (χ0n) is 16.2. The summed E-state index contributed by atoms with van der Waals surface area (Å²) in [6.45, 7) is 1.42. The molecule has 0 aromatic carbocycles. The fourth-order valence-corrected chi connectivity index (χ4v) is 7.11. The van der Waals surface area contributed by atoms with Crippen molar-refractivity contribution in [3.63, 3.8) is 0 Å². The number of hydrogen-bond donors (Lipinski definition) is 1. The van der Waals surface area contributed by atoms with Crippen LogP contribution in [0.2, 0.25) is 0 Å². The Bertz CT molecular complexity index is 1180. The largest absolute Gasteiger partial charge is 0.366 e. The van der Waals surface area contributed by atoms with Crippen LogP contribution in [0.4, 0.5) is 5.69 Å². The summed E-state index contributed by atoms with van der Waals surface area (Å²) in [6.07, 6.45) is 8.98. The molecule has 2 bridgehead atoms. The molecule has 3 aliphatic rings. The molecule has 6 rings (SSSR count). The molecule has 1 aliphatic carbocycles. The summed E-state index contributed by atoms with van der Waals surface area (Å²) >= 11 is 0. The average molecular weight is 414 g/mol. The first-order valence-corrected chi connectivity index (χ1v) is 11.6. The highest BCUT2D eigenvalue weighted by Crippen LogP contribution is 2.41. The molecule has 152 valence electrons. The number of hydrogen-bond acceptors (Lipinski definition) is 6. The van der Waals surface area contributed by atoms with E-state index in [9.17, 15) is 8.42 Å². The summed E-state index contributed by atoms with van der Waals surface area (Å²) in [5.41, 5.74) is 3.51. The summed E-state index contributed by atoms with van der Waals surface area (Å²) in [6, 6.07) is 2.12. The molecule has 2 atom stereocenters. The van der Waals surface area contributed by atoms with Gasteiger partial charge in [0.2, 0.25) is 10.0 Å². The van der Waals surface area contributed by atoms with Crippen LogP contribution in [0.15, 0.2) is 24.7 Å². The van der Waals surface area contributed by atoms with E-state index in [1.165, 1.54) is 0 Å². The number of aryl methyl sites for hydroxylation is 1. The molecule has 0 spiro atoms. The Morgan fingerprint density at radius 3 is 2.55 bits per heavy atom. The van der Waals surface area contributed by atoms with Gasteiger partial charge >= 0.3 is 0 Å². The molecule has 3 fully saturated rings. The number of sulfonamides is 1. The lowest BCUT2D eigenvalue weighted by molar-refractivity contribution is 0.286. The van der Waals surface area contributed by atoms with E-state index in [1.807, 2.05) is 23.6 Å². The highest BCUT2D eigenvalue weighted by molar-refractivity contribution is 7.90. The predicted octanol–water partition coefficient (Wildman–Crippen LogP) is 1.50. The van der Waals surface area contributed by atoms with Crippen molar-refractivity contribution in [3.05, 3.63) is 24.7 Å². The number of anilines is 1. The van der Waals surface area contributed by atoms with E-state index in [2.05, 4.69) is 25.0 Å². The van der Waals surface area contributed by atoms with Gasteiger partial charge in [-0.25, -0.2) is 18.4 Å². The molecular weight excluding hydrogens is 390 g/mol. The van der Waals surface area contributed by atoms with Gasteiger partial charge in [-0.2, -0.15) is 9.40 Å². The first-order valence-electron chi connectivity index (χ1n) is 10.1. The van der Waals surface area contributed by atoms with Gasteiger partial charge in [-0.1, -0.05) is 0 Å². The van der Waals surface area contributed by atoms with Crippen LogP contribution in [0.3, 0.4) is 0 Å². The lowest BCUT2D eigenvalue weighted by Gasteiger charge is -2.41. The number of H-pyrrole nitrogens is 1. The number of rotatable bonds is 4. The van der Waals surface area contributed by atoms with Crippen molar-refractivity contribution in [1.29, 1.82) is 0 Å². The van der Waals surface area contributed by atoms with Crippen molar-refractivity contribution >= 4 is 26.9 Å². The highest BCUT2D eigenvalue weighted by atomic mass is 32.2. The summed E-state index contributed by atoms with van der Waals surface area (Å²) in [4.78, 5) is 14.8. The van der Waals surface area contributed by atoms with Crippen LogP contribution in [-0.4, -0.2) is 67.9 Å². The Hall–Kier alpha value is -2.46. The fourth-order valence-electron chi connectivity index (χ4n) is 4.86. The van der Waals surface area contributed by atoms with Crippen molar-refractivity contribution < 1.29 is 8.42 Å². The Labute approximate surface area is 168 Å². The van der Waals surface area contributed by atoms with Crippen molar-refractivity contribution in [2.24, 2.45) is 7.05 Å². The summed E-state index contributed by atoms with van der Waals surface area (Å²) in [5, 5.41) is 4.08. The zero-order valence-corrected chi connectivity index (χ0v) is 17.0. The summed E-state index contributed by atoms with van der Waals surface area (Å²) < 4.78 is 29.4. The maximum Gasteiger partial charge on any atom is 0.217 e. The topological polar surface area (TPSA) is 100 Å². The first kappa shape index (κ1) is 17.4. The molecule has 0 amide bonds. The van der Waals surface area contributed by atoms with Crippen LogP contribution in [0.5, 0.6) is 0 Å². The standard InChI is InChI=1S/C19H23N7O2S/c1-24-9-12(8-21-24)18-22-17-16(6-7-20-19(17)23-18)25-10-13-2-3-14(11-25)26(13)29(27,28)15-4-5-15/h6-9,13-15H,2-5,10-11H2,1H3,(H,20,22,23). The van der Waals surface area contributed by atoms with Crippen LogP contribution in [0, 0.1) is 0 Å². The second kappa shape index (κ2) is 6.02. The number of nitrogens with one attached hydrogen (secondary N) is 1. The quantitative estimate of drug-likeness (QED) is 0.696. The maximum absolute atomic E-state index is 12.9. The minimum atomic E-state index is -3.14. The Morgan fingerprint density at radius 2 is 1.90 bits per heavy atom. The predicted molar refractivity (Wildman–Crippen MR) is 109 cm³/mol. The zero-order chi connectivity index (χ0) is 19.8. The normalized spacial score (nSPS) is 25.2. The van der Waals surface area contributed by atoms with Crippen molar-refractivity contribution in [2.75, 3.05) is 18.0 Å². The van der Waals surface area contributed by atoms with E-state index in [4.69, 9.17) is 0 Å². The maximum atomic E-state index is 12.9. The third-order valence-electron chi connectivity index (χ3n) is 6.34. The number of aromatic amines is 1. The minimum Gasteiger partial charge on any atom is -0.366 e. The first-order chi connectivity index (χ1) is 14.0. The van der Waals surface area contributed by atoms with Crippen LogP contribution in [-0.2, 0) is 17.1 Å². The SMILES string of the molecule is Cn1cc(-c2nc3nccc(N4CC5CCC(C4)N5S(=O)(=O)C4CC4)c3[nH]2)cn1. The van der Waals surface area contributed by atoms with Gasteiger partial charge in [-0.3, -0.25) is 4.68 Å². The molecular formula is C19H23N7O2S. The van der Waals surface area contributed by atoms with Crippen molar-refractivity contribution in [3.8, 4) is 11.4 Å². The summed E-state index contributed by atoms with van der Waals surface area (Å²) in [5.74, 6) is 0.742. The molecule has 1 N–H and O–H groups in total. The molecule has 10 heteroatoms. The molecule has 2 unspecified atom stereocenters. The smallest absolute Gasteiger partial charge is 0.217 e. The van der Waals surface area contributed by atoms with Gasteiger partial charge in [0, 0.05) is 44.6 Å². The molecule has 3 aromatic rings. The van der Waals surface area contributed by atoms with Gasteiger partial charge in [0.15, 0.2) is 5.65 Å². The van der Waals surface area contributed by atoms with Crippen LogP contribution < -0.4 is 4.90 Å². The van der Waals surface area contributed by atoms with Crippen LogP contribution in [0.1, 0.15) is 25.7 Å². The van der Waals surface area contributed by atoms with E-state index in [0.717, 1.165) is 48.3 Å². The van der Waals surface area contributed by atoms with E-state index >= 15 is 0 Å². The monoisotopic (exact) mass is 413 g/mol. The molecule has 5 heterocycles. The van der Waals surface area contributed by atoms with Gasteiger partial charge < -0.3 is 9.88 Å². The van der Waals surface area contributed by atoms with Crippen LogP contribution in [0.25, 0.3) is 22.6 Å². The summed E-state index contributed by atoms with van der Waals surface area (Å²) in [7, 11) is -1.26. The number of imidazole rings is 1. The average Bonchev–Trinajstić information content (AvgIpc) is 3.25. The molecule has 2 saturated heterocycles. The lowest BCUT2D eigenvalue weighted by Crippen LogP contribution is -2.56. The lowest BCUT2D eigenvalue weighted by atomic mass is 10.2. The fraction of sp³-hybridized carbons (Fsp3) is 0.526. The second-order valence-corrected chi connectivity index (χ2v) is 10.5. The van der Waals surface area contributed by atoms with E-state index in [0.29, 0.717) is 18.7 Å². The second-order valence-electron chi connectivity index (χ2n) is 8.38. The van der Waals surface area contributed by atoms with Gasteiger partial charge in [0.05, 0.1) is 22.7 Å². The Balaban J connectivity index is 1.34. The van der Waals surface area contributed by atoms with Crippen molar-refractivity contribution in [1.82, 2.24) is 29.0 Å². The molecule has 2 aliphatic heterocycles. The van der Waals surface area contributed by atoms with Gasteiger partial charge in [0.25, 0.3) is 0 Å². The van der Waals surface area contributed by atoms with E-state index < -0.39 is 10.0 Å². The third-order valence-corrected chi connectivity index (χ3v) is 8.84. The molecule has 1 saturated carbocycles. The van der Waals surface area contributed by atoms with Crippen LogP contribution >= 0.6 is 0 Å². The molecule has 29 heavy (non-hydrogen) atoms. The Morgan fingerprint density at radius 1 is 1.14 bits per heavy atom. The van der Waals surface area contributed by atoms with Crippen molar-refractivity contribution in [2.45, 2.75) is 43.0 Å². The highest BCUT2D eigenvalue weighted by Gasteiger charge is 2.51. The van der Waals surface area contributed by atoms with Gasteiger partial charge in [-0.15, -0.1) is 0 Å². The third kappa shape index (κ3) is 2.69. The minimum absolute atomic E-state index is 0.0586. The van der Waals surface area contributed by atoms with E-state index in [1.54, 1.807) is 17.1 Å². The Kier molecular flexibility index (Phi) is 3.61. The van der Waals surface area contributed by atoms with E-state index in [-0.39, 0.29) is 17.3 Å².